The number of halogens is 3. The van der Waals surface area contributed by atoms with Gasteiger partial charge in [0.05, 0.1) is 41.6 Å². The first kappa shape index (κ1) is 14.6. The third-order valence-electron chi connectivity index (χ3n) is 1.05. The molecule has 0 heterocycles. The van der Waals surface area contributed by atoms with E-state index < -0.39 is 5.60 Å². The fourth-order valence-electron chi connectivity index (χ4n) is 0.607. The maximum atomic E-state index is 11.4. The third kappa shape index (κ3) is 8.57. The lowest BCUT2D eigenvalue weighted by Crippen LogP contribution is -2.38. The summed E-state index contributed by atoms with van der Waals surface area (Å²) in [6.07, 6.45) is 0. The predicted molar refractivity (Wildman–Crippen MR) is 76.8 cm³/mol. The molecule has 1 amide bonds. The molecule has 0 rings (SSSR count). The van der Waals surface area contributed by atoms with Gasteiger partial charge in [0.2, 0.25) is 5.91 Å². The van der Waals surface area contributed by atoms with Gasteiger partial charge in [-0.05, 0) is 13.8 Å². The molecule has 0 bridgehead atoms. The summed E-state index contributed by atoms with van der Waals surface area (Å²) >= 11 is 5.99. The van der Waals surface area contributed by atoms with Gasteiger partial charge in [-0.1, -0.05) is 0 Å². The smallest absolute Gasteiger partial charge is 0.247 e. The molecule has 0 aromatic carbocycles. The number of hydrogen-bond acceptors (Lipinski definition) is 3. The fraction of sp³-hybridized carbons (Fsp3) is 0.833. The molecule has 0 saturated carbocycles. The lowest BCUT2D eigenvalue weighted by molar-refractivity contribution is -0.126. The standard InChI is InChI=1S/C6H11I3N2O2/c1-6(2,13)4-10(7)5(12)3-11(8)9/h13H,3-4H2,1-2H3. The first-order chi connectivity index (χ1) is 5.72. The minimum Gasteiger partial charge on any atom is -0.389 e. The molecule has 0 saturated heterocycles. The predicted octanol–water partition coefficient (Wildman–Crippen LogP) is 1.94. The van der Waals surface area contributed by atoms with E-state index in [9.17, 15) is 9.90 Å². The van der Waals surface area contributed by atoms with Crippen molar-refractivity contribution in [3.8, 4) is 0 Å². The zero-order chi connectivity index (χ0) is 10.6. The van der Waals surface area contributed by atoms with Gasteiger partial charge in [0.1, 0.15) is 0 Å². The maximum Gasteiger partial charge on any atom is 0.247 e. The van der Waals surface area contributed by atoms with Crippen LogP contribution in [-0.4, -0.2) is 34.1 Å². The Morgan fingerprint density at radius 2 is 1.85 bits per heavy atom. The molecule has 0 radical (unpaired) electrons. The van der Waals surface area contributed by atoms with Crippen molar-refractivity contribution in [3.05, 3.63) is 0 Å². The molecule has 0 spiro atoms. The molecule has 0 aliphatic carbocycles. The Hall–Kier alpha value is 1.58. The molecule has 7 heteroatoms. The third-order valence-corrected chi connectivity index (χ3v) is 2.61. The molecule has 0 aliphatic heterocycles. The molecule has 78 valence electrons. The van der Waals surface area contributed by atoms with Crippen molar-refractivity contribution in [1.82, 2.24) is 4.44 Å². The van der Waals surface area contributed by atoms with Crippen molar-refractivity contribution in [2.24, 2.45) is 0 Å². The quantitative estimate of drug-likeness (QED) is 0.453. The summed E-state index contributed by atoms with van der Waals surface area (Å²) in [6.45, 7) is 4.04. The number of aliphatic hydroxyl groups is 1. The van der Waals surface area contributed by atoms with E-state index in [-0.39, 0.29) is 5.91 Å². The van der Waals surface area contributed by atoms with E-state index in [1.165, 1.54) is 3.11 Å². The van der Waals surface area contributed by atoms with E-state index in [1.54, 1.807) is 15.2 Å². The Balaban J connectivity index is 3.97. The van der Waals surface area contributed by atoms with Crippen molar-refractivity contribution < 1.29 is 9.90 Å². The summed E-state index contributed by atoms with van der Waals surface area (Å²) in [5, 5.41) is 9.46. The van der Waals surface area contributed by atoms with Gasteiger partial charge in [0.15, 0.2) is 0 Å². The second-order valence-corrected chi connectivity index (χ2v) is 8.53. The van der Waals surface area contributed by atoms with E-state index in [1.807, 2.05) is 68.6 Å². The van der Waals surface area contributed by atoms with Crippen molar-refractivity contribution >= 4 is 74.5 Å². The first-order valence-electron chi connectivity index (χ1n) is 3.50. The molecule has 0 unspecified atom stereocenters. The van der Waals surface area contributed by atoms with Gasteiger partial charge in [-0.3, -0.25) is 7.91 Å². The average Bonchev–Trinajstić information content (AvgIpc) is 1.81. The summed E-state index contributed by atoms with van der Waals surface area (Å²) < 4.78 is 3.25. The normalized spacial score (nSPS) is 11.9. The van der Waals surface area contributed by atoms with Crippen LogP contribution in [0.3, 0.4) is 0 Å². The van der Waals surface area contributed by atoms with E-state index in [0.29, 0.717) is 13.1 Å². The van der Waals surface area contributed by atoms with Crippen LogP contribution in [0.4, 0.5) is 0 Å². The van der Waals surface area contributed by atoms with Gasteiger partial charge in [-0.25, -0.2) is 0 Å². The number of carbonyl (C=O) groups is 1. The number of hydrogen-bond donors (Lipinski definition) is 1. The van der Waals surface area contributed by atoms with Crippen molar-refractivity contribution in [3.63, 3.8) is 0 Å². The topological polar surface area (TPSA) is 43.8 Å². The van der Waals surface area contributed by atoms with Gasteiger partial charge < -0.3 is 5.11 Å². The average molecular weight is 524 g/mol. The van der Waals surface area contributed by atoms with Crippen LogP contribution in [0.2, 0.25) is 0 Å². The van der Waals surface area contributed by atoms with Gasteiger partial charge in [0.25, 0.3) is 0 Å². The molecular weight excluding hydrogens is 513 g/mol. The van der Waals surface area contributed by atoms with Crippen molar-refractivity contribution in [2.75, 3.05) is 13.1 Å². The van der Waals surface area contributed by atoms with Gasteiger partial charge in [0, 0.05) is 45.7 Å². The molecular formula is C6H11I3N2O2. The number of amides is 1. The zero-order valence-electron chi connectivity index (χ0n) is 7.30. The van der Waals surface area contributed by atoms with E-state index in [2.05, 4.69) is 0 Å². The Bertz CT molecular complexity index is 181. The van der Waals surface area contributed by atoms with Gasteiger partial charge in [-0.15, -0.1) is 0 Å². The largest absolute Gasteiger partial charge is 0.389 e. The highest BCUT2D eigenvalue weighted by atomic mass is 127. The van der Waals surface area contributed by atoms with Crippen LogP contribution in [0.5, 0.6) is 0 Å². The molecule has 0 fully saturated rings. The Kier molecular flexibility index (Phi) is 6.98. The monoisotopic (exact) mass is 524 g/mol. The lowest BCUT2D eigenvalue weighted by atomic mass is 10.1. The van der Waals surface area contributed by atoms with Crippen LogP contribution >= 0.6 is 68.6 Å². The van der Waals surface area contributed by atoms with Crippen molar-refractivity contribution in [1.29, 1.82) is 0 Å². The maximum absolute atomic E-state index is 11.4. The van der Waals surface area contributed by atoms with Crippen LogP contribution in [-0.2, 0) is 4.79 Å². The summed E-state index contributed by atoms with van der Waals surface area (Å²) in [5.74, 6) is -0.00785. The summed E-state index contributed by atoms with van der Waals surface area (Å²) in [4.78, 5) is 11.4. The van der Waals surface area contributed by atoms with Crippen LogP contribution < -0.4 is 0 Å². The number of rotatable bonds is 4. The summed E-state index contributed by atoms with van der Waals surface area (Å²) in [6, 6.07) is 0. The minimum atomic E-state index is -0.835. The van der Waals surface area contributed by atoms with Gasteiger partial charge >= 0.3 is 0 Å². The Morgan fingerprint density at radius 1 is 1.38 bits per heavy atom. The molecule has 0 aromatic heterocycles. The highest BCUT2D eigenvalue weighted by molar-refractivity contribution is 14.2. The SMILES string of the molecule is CC(C)(O)CN(I)C(=O)CN(I)I. The van der Waals surface area contributed by atoms with E-state index >= 15 is 0 Å². The van der Waals surface area contributed by atoms with E-state index in [4.69, 9.17) is 0 Å². The molecule has 4 nitrogen and oxygen atoms in total. The van der Waals surface area contributed by atoms with Crippen LogP contribution in [0, 0.1) is 0 Å². The molecule has 1 N–H and O–H groups in total. The first-order valence-corrected chi connectivity index (χ1v) is 6.39. The van der Waals surface area contributed by atoms with Crippen molar-refractivity contribution in [2.45, 2.75) is 19.4 Å². The number of carbonyl (C=O) groups excluding carboxylic acids is 1. The highest BCUT2D eigenvalue weighted by Crippen LogP contribution is 2.13. The Morgan fingerprint density at radius 3 is 2.15 bits per heavy atom. The van der Waals surface area contributed by atoms with Crippen LogP contribution in [0.15, 0.2) is 0 Å². The second kappa shape index (κ2) is 6.23. The fourth-order valence-corrected chi connectivity index (χ4v) is 2.18. The highest BCUT2D eigenvalue weighted by Gasteiger charge is 2.21. The lowest BCUT2D eigenvalue weighted by Gasteiger charge is -2.24. The summed E-state index contributed by atoms with van der Waals surface area (Å²) in [7, 11) is 0. The molecule has 0 aliphatic rings. The zero-order valence-corrected chi connectivity index (χ0v) is 13.8. The van der Waals surface area contributed by atoms with Crippen LogP contribution in [0.25, 0.3) is 0 Å². The van der Waals surface area contributed by atoms with Gasteiger partial charge in [-0.2, -0.15) is 1.33 Å². The molecule has 13 heavy (non-hydrogen) atoms. The number of nitrogens with zero attached hydrogens (tertiary/aromatic N) is 2. The minimum absolute atomic E-state index is 0.00785. The van der Waals surface area contributed by atoms with E-state index in [0.717, 1.165) is 0 Å². The molecule has 0 aromatic rings. The summed E-state index contributed by atoms with van der Waals surface area (Å²) in [5.41, 5.74) is -0.835. The molecule has 0 atom stereocenters. The van der Waals surface area contributed by atoms with Crippen LogP contribution in [0.1, 0.15) is 13.8 Å². The Labute approximate surface area is 120 Å². The second-order valence-electron chi connectivity index (χ2n) is 3.19.